The van der Waals surface area contributed by atoms with Crippen LogP contribution < -0.4 is 10.2 Å². The van der Waals surface area contributed by atoms with Gasteiger partial charge < -0.3 is 10.2 Å². The number of hydrogen-bond acceptors (Lipinski definition) is 2. The number of nitrogens with one attached hydrogen (secondary N) is 1. The highest BCUT2D eigenvalue weighted by molar-refractivity contribution is 5.56. The van der Waals surface area contributed by atoms with Gasteiger partial charge in [-0.25, -0.2) is 4.39 Å². The Morgan fingerprint density at radius 2 is 2.10 bits per heavy atom. The summed E-state index contributed by atoms with van der Waals surface area (Å²) in [5.74, 6) is -0.0638. The fraction of sp³-hybridized carbons (Fsp3) is 0.667. The van der Waals surface area contributed by atoms with Crippen molar-refractivity contribution in [2.45, 2.75) is 65.0 Å². The summed E-state index contributed by atoms with van der Waals surface area (Å²) in [6.07, 6.45) is 7.10. The maximum atomic E-state index is 14.5. The standard InChI is InChI=1S/C18H29FN2/c1-3-12-20-14-15-9-8-11-17(19)18(15)21-13-7-5-6-10-16(21)4-2/h8-9,11,16,20H,3-7,10,12-14H2,1-2H3. The average Bonchev–Trinajstić information content (AvgIpc) is 2.73. The topological polar surface area (TPSA) is 15.3 Å². The van der Waals surface area contributed by atoms with Crippen molar-refractivity contribution in [3.05, 3.63) is 29.6 Å². The second-order valence-corrected chi connectivity index (χ2v) is 6.03. The van der Waals surface area contributed by atoms with Crippen molar-refractivity contribution in [1.82, 2.24) is 5.32 Å². The molecule has 0 saturated carbocycles. The average molecular weight is 292 g/mol. The maximum Gasteiger partial charge on any atom is 0.146 e. The molecular weight excluding hydrogens is 263 g/mol. The number of para-hydroxylation sites is 1. The van der Waals surface area contributed by atoms with Crippen LogP contribution in [0.15, 0.2) is 18.2 Å². The molecule has 21 heavy (non-hydrogen) atoms. The van der Waals surface area contributed by atoms with E-state index in [1.165, 1.54) is 25.7 Å². The van der Waals surface area contributed by atoms with E-state index in [0.29, 0.717) is 6.04 Å². The van der Waals surface area contributed by atoms with Crippen LogP contribution in [-0.2, 0) is 6.54 Å². The van der Waals surface area contributed by atoms with Crippen molar-refractivity contribution in [2.24, 2.45) is 0 Å². The van der Waals surface area contributed by atoms with Gasteiger partial charge in [-0.15, -0.1) is 0 Å². The summed E-state index contributed by atoms with van der Waals surface area (Å²) in [6.45, 7) is 7.10. The summed E-state index contributed by atoms with van der Waals surface area (Å²) in [5.41, 5.74) is 1.94. The lowest BCUT2D eigenvalue weighted by molar-refractivity contribution is 0.535. The van der Waals surface area contributed by atoms with Crippen molar-refractivity contribution in [3.8, 4) is 0 Å². The van der Waals surface area contributed by atoms with Gasteiger partial charge in [-0.2, -0.15) is 0 Å². The highest BCUT2D eigenvalue weighted by Gasteiger charge is 2.24. The fourth-order valence-corrected chi connectivity index (χ4v) is 3.32. The molecule has 1 aliphatic rings. The van der Waals surface area contributed by atoms with Gasteiger partial charge >= 0.3 is 0 Å². The Labute approximate surface area is 128 Å². The van der Waals surface area contributed by atoms with Gasteiger partial charge in [0.1, 0.15) is 5.82 Å². The van der Waals surface area contributed by atoms with E-state index in [4.69, 9.17) is 0 Å². The van der Waals surface area contributed by atoms with E-state index in [-0.39, 0.29) is 5.82 Å². The minimum Gasteiger partial charge on any atom is -0.366 e. The molecule has 3 heteroatoms. The fourth-order valence-electron chi connectivity index (χ4n) is 3.32. The lowest BCUT2D eigenvalue weighted by atomic mass is 10.0. The molecular formula is C18H29FN2. The first kappa shape index (κ1) is 16.3. The van der Waals surface area contributed by atoms with Gasteiger partial charge in [-0.1, -0.05) is 38.8 Å². The van der Waals surface area contributed by atoms with Crippen LogP contribution in [0.5, 0.6) is 0 Å². The van der Waals surface area contributed by atoms with Gasteiger partial charge in [-0.3, -0.25) is 0 Å². The van der Waals surface area contributed by atoms with E-state index in [2.05, 4.69) is 30.1 Å². The molecule has 118 valence electrons. The Bertz CT molecular complexity index is 433. The largest absolute Gasteiger partial charge is 0.366 e. The van der Waals surface area contributed by atoms with E-state index < -0.39 is 0 Å². The van der Waals surface area contributed by atoms with Crippen molar-refractivity contribution >= 4 is 5.69 Å². The third-order valence-electron chi connectivity index (χ3n) is 4.45. The summed E-state index contributed by atoms with van der Waals surface area (Å²) >= 11 is 0. The van der Waals surface area contributed by atoms with Crippen molar-refractivity contribution < 1.29 is 4.39 Å². The highest BCUT2D eigenvalue weighted by atomic mass is 19.1. The molecule has 1 N–H and O–H groups in total. The lowest BCUT2D eigenvalue weighted by Crippen LogP contribution is -2.36. The van der Waals surface area contributed by atoms with E-state index >= 15 is 0 Å². The number of halogens is 1. The second kappa shape index (κ2) is 8.38. The summed E-state index contributed by atoms with van der Waals surface area (Å²) in [5, 5.41) is 3.41. The zero-order chi connectivity index (χ0) is 15.1. The van der Waals surface area contributed by atoms with E-state index in [1.54, 1.807) is 6.07 Å². The first-order valence-corrected chi connectivity index (χ1v) is 8.52. The van der Waals surface area contributed by atoms with E-state index in [9.17, 15) is 4.39 Å². The number of anilines is 1. The minimum atomic E-state index is -0.0638. The molecule has 2 rings (SSSR count). The summed E-state index contributed by atoms with van der Waals surface area (Å²) in [7, 11) is 0. The quantitative estimate of drug-likeness (QED) is 0.777. The molecule has 1 aromatic rings. The Morgan fingerprint density at radius 3 is 2.86 bits per heavy atom. The van der Waals surface area contributed by atoms with Crippen LogP contribution in [0.3, 0.4) is 0 Å². The highest BCUT2D eigenvalue weighted by Crippen LogP contribution is 2.31. The van der Waals surface area contributed by atoms with Crippen LogP contribution in [0.4, 0.5) is 10.1 Å². The van der Waals surface area contributed by atoms with Gasteiger partial charge in [0.2, 0.25) is 0 Å². The maximum absolute atomic E-state index is 14.5. The monoisotopic (exact) mass is 292 g/mol. The molecule has 1 saturated heterocycles. The first-order chi connectivity index (χ1) is 10.3. The number of rotatable bonds is 6. The third-order valence-corrected chi connectivity index (χ3v) is 4.45. The van der Waals surface area contributed by atoms with Crippen molar-refractivity contribution in [1.29, 1.82) is 0 Å². The Morgan fingerprint density at radius 1 is 1.24 bits per heavy atom. The normalized spacial score (nSPS) is 19.6. The summed E-state index contributed by atoms with van der Waals surface area (Å²) in [4.78, 5) is 2.34. The third kappa shape index (κ3) is 4.19. The van der Waals surface area contributed by atoms with Gasteiger partial charge in [0.15, 0.2) is 0 Å². The Kier molecular flexibility index (Phi) is 6.50. The second-order valence-electron chi connectivity index (χ2n) is 6.03. The van der Waals surface area contributed by atoms with Crippen LogP contribution in [0.1, 0.15) is 57.9 Å². The zero-order valence-electron chi connectivity index (χ0n) is 13.5. The van der Waals surface area contributed by atoms with Crippen LogP contribution in [0, 0.1) is 5.82 Å². The van der Waals surface area contributed by atoms with Gasteiger partial charge in [0, 0.05) is 19.1 Å². The molecule has 1 aliphatic heterocycles. The molecule has 0 spiro atoms. The van der Waals surface area contributed by atoms with Gasteiger partial charge in [0.25, 0.3) is 0 Å². The molecule has 1 atom stereocenters. The number of nitrogens with zero attached hydrogens (tertiary/aromatic N) is 1. The molecule has 0 aromatic heterocycles. The molecule has 0 radical (unpaired) electrons. The Hall–Kier alpha value is -1.09. The first-order valence-electron chi connectivity index (χ1n) is 8.52. The summed E-state index contributed by atoms with van der Waals surface area (Å²) < 4.78 is 14.5. The van der Waals surface area contributed by atoms with Crippen LogP contribution in [0.25, 0.3) is 0 Å². The van der Waals surface area contributed by atoms with E-state index in [1.807, 2.05) is 6.07 Å². The number of benzene rings is 1. The summed E-state index contributed by atoms with van der Waals surface area (Å²) in [6, 6.07) is 5.99. The van der Waals surface area contributed by atoms with Crippen LogP contribution in [-0.4, -0.2) is 19.1 Å². The molecule has 0 amide bonds. The predicted octanol–water partition coefficient (Wildman–Crippen LogP) is 4.48. The molecule has 1 fully saturated rings. The molecule has 1 heterocycles. The molecule has 0 bridgehead atoms. The molecule has 2 nitrogen and oxygen atoms in total. The van der Waals surface area contributed by atoms with Crippen molar-refractivity contribution in [2.75, 3.05) is 18.0 Å². The van der Waals surface area contributed by atoms with E-state index in [0.717, 1.165) is 43.7 Å². The van der Waals surface area contributed by atoms with Gasteiger partial charge in [0.05, 0.1) is 5.69 Å². The van der Waals surface area contributed by atoms with Gasteiger partial charge in [-0.05, 0) is 43.9 Å². The zero-order valence-corrected chi connectivity index (χ0v) is 13.5. The number of hydrogen-bond donors (Lipinski definition) is 1. The predicted molar refractivity (Wildman–Crippen MR) is 88.3 cm³/mol. The molecule has 0 aliphatic carbocycles. The Balaban J connectivity index is 2.26. The molecule has 1 aromatic carbocycles. The minimum absolute atomic E-state index is 0.0638. The van der Waals surface area contributed by atoms with Crippen LogP contribution >= 0.6 is 0 Å². The smallest absolute Gasteiger partial charge is 0.146 e. The lowest BCUT2D eigenvalue weighted by Gasteiger charge is -2.33. The van der Waals surface area contributed by atoms with Crippen molar-refractivity contribution in [3.63, 3.8) is 0 Å². The molecule has 1 unspecified atom stereocenters. The SMILES string of the molecule is CCCNCc1cccc(F)c1N1CCCCCC1CC. The van der Waals surface area contributed by atoms with Crippen LogP contribution in [0.2, 0.25) is 0 Å².